The molecule has 2 unspecified atom stereocenters. The maximum atomic E-state index is 5.88. The molecule has 0 aromatic rings. The smallest absolute Gasteiger partial charge is 0.321 e. The second-order valence-electron chi connectivity index (χ2n) is 4.80. The molecule has 0 amide bonds. The van der Waals surface area contributed by atoms with E-state index < -0.39 is 9.28 Å². The first-order chi connectivity index (χ1) is 7.80. The Kier molecular flexibility index (Phi) is 4.41. The highest BCUT2D eigenvalue weighted by Crippen LogP contribution is 2.50. The first kappa shape index (κ1) is 12.6. The van der Waals surface area contributed by atoms with Gasteiger partial charge in [-0.05, 0) is 39.2 Å². The second-order valence-corrected chi connectivity index (χ2v) is 6.90. The van der Waals surface area contributed by atoms with E-state index in [0.29, 0.717) is 6.10 Å². The lowest BCUT2D eigenvalue weighted by molar-refractivity contribution is 0.205. The van der Waals surface area contributed by atoms with Gasteiger partial charge >= 0.3 is 9.28 Å². The molecule has 2 aliphatic rings. The van der Waals surface area contributed by atoms with Crippen LogP contribution in [0.3, 0.4) is 0 Å². The Hall–Kier alpha value is 0.0969. The number of rotatable bonds is 7. The van der Waals surface area contributed by atoms with Crippen LogP contribution in [0.5, 0.6) is 0 Å². The molecule has 1 heterocycles. The van der Waals surface area contributed by atoms with Crippen molar-refractivity contribution in [3.05, 3.63) is 0 Å². The summed E-state index contributed by atoms with van der Waals surface area (Å²) in [4.78, 5) is 0. The molecule has 2 atom stereocenters. The molecule has 0 N–H and O–H groups in total. The average molecular weight is 244 g/mol. The third-order valence-corrected chi connectivity index (χ3v) is 5.90. The van der Waals surface area contributed by atoms with E-state index in [1.807, 2.05) is 13.8 Å². The van der Waals surface area contributed by atoms with E-state index in [0.717, 1.165) is 25.7 Å². The number of epoxide rings is 1. The van der Waals surface area contributed by atoms with Gasteiger partial charge in [-0.15, -0.1) is 0 Å². The van der Waals surface area contributed by atoms with Gasteiger partial charge in [0.05, 0.1) is 11.7 Å². The minimum Gasteiger partial charge on any atom is -0.397 e. The molecule has 1 saturated carbocycles. The van der Waals surface area contributed by atoms with Gasteiger partial charge < -0.3 is 13.6 Å². The van der Waals surface area contributed by atoms with Crippen molar-refractivity contribution in [1.82, 2.24) is 0 Å². The molecule has 2 fully saturated rings. The molecule has 0 aromatic carbocycles. The molecule has 3 nitrogen and oxygen atoms in total. The van der Waals surface area contributed by atoms with Gasteiger partial charge in [0.1, 0.15) is 0 Å². The number of fused-ring (bicyclic) bond motifs is 1. The van der Waals surface area contributed by atoms with Crippen molar-refractivity contribution in [2.45, 2.75) is 63.7 Å². The van der Waals surface area contributed by atoms with Crippen molar-refractivity contribution < 1.29 is 13.6 Å². The lowest BCUT2D eigenvalue weighted by atomic mass is 9.87. The molecule has 4 heteroatoms. The fourth-order valence-corrected chi connectivity index (χ4v) is 4.74. The lowest BCUT2D eigenvalue weighted by Gasteiger charge is -2.20. The van der Waals surface area contributed by atoms with Crippen LogP contribution in [0.4, 0.5) is 0 Å². The Morgan fingerprint density at radius 1 is 1.25 bits per heavy atom. The molecule has 16 heavy (non-hydrogen) atoms. The fraction of sp³-hybridized carbons (Fsp3) is 1.00. The van der Waals surface area contributed by atoms with Gasteiger partial charge in [-0.1, -0.05) is 12.8 Å². The van der Waals surface area contributed by atoms with Gasteiger partial charge in [0.2, 0.25) is 0 Å². The normalized spacial score (nSPS) is 32.8. The molecule has 0 spiro atoms. The summed E-state index contributed by atoms with van der Waals surface area (Å²) in [6.45, 7) is 5.67. The van der Waals surface area contributed by atoms with E-state index in [1.165, 1.54) is 25.7 Å². The zero-order valence-electron chi connectivity index (χ0n) is 10.5. The van der Waals surface area contributed by atoms with E-state index in [2.05, 4.69) is 0 Å². The van der Waals surface area contributed by atoms with Gasteiger partial charge in [-0.25, -0.2) is 0 Å². The molecule has 2 rings (SSSR count). The highest BCUT2D eigenvalue weighted by Gasteiger charge is 2.56. The summed E-state index contributed by atoms with van der Waals surface area (Å²) in [5.41, 5.74) is 0.248. The van der Waals surface area contributed by atoms with Gasteiger partial charge in [0.25, 0.3) is 0 Å². The van der Waals surface area contributed by atoms with Gasteiger partial charge in [0, 0.05) is 13.2 Å². The van der Waals surface area contributed by atoms with Crippen LogP contribution in [-0.4, -0.2) is 34.2 Å². The summed E-state index contributed by atoms with van der Waals surface area (Å²) in [6, 6.07) is 1.11. The number of ether oxygens (including phenoxy) is 1. The molecule has 1 aliphatic heterocycles. The number of hydrogen-bond donors (Lipinski definition) is 0. The second kappa shape index (κ2) is 5.62. The summed E-state index contributed by atoms with van der Waals surface area (Å²) in [6.07, 6.45) is 6.95. The minimum atomic E-state index is -1.40. The molecule has 0 bridgehead atoms. The van der Waals surface area contributed by atoms with Crippen LogP contribution >= 0.6 is 0 Å². The third kappa shape index (κ3) is 2.86. The molecular weight excluding hydrogens is 220 g/mol. The monoisotopic (exact) mass is 244 g/mol. The zero-order chi connectivity index (χ0) is 11.4. The highest BCUT2D eigenvalue weighted by molar-refractivity contribution is 6.44. The summed E-state index contributed by atoms with van der Waals surface area (Å²) in [5.74, 6) is 0. The molecule has 0 aromatic heterocycles. The Balaban J connectivity index is 1.73. The van der Waals surface area contributed by atoms with E-state index in [-0.39, 0.29) is 5.60 Å². The maximum Gasteiger partial charge on any atom is 0.321 e. The van der Waals surface area contributed by atoms with Crippen molar-refractivity contribution in [3.8, 4) is 0 Å². The van der Waals surface area contributed by atoms with E-state index in [9.17, 15) is 0 Å². The Bertz CT molecular complexity index is 218. The summed E-state index contributed by atoms with van der Waals surface area (Å²) in [5, 5.41) is 0. The maximum absolute atomic E-state index is 5.88. The standard InChI is InChI=1S/C12H24O3Si/c1-3-13-16(14-4-2)10-9-12-8-6-5-7-11(12)15-12/h11,16H,3-10H2,1-2H3. The van der Waals surface area contributed by atoms with Gasteiger partial charge in [-0.3, -0.25) is 0 Å². The SMILES string of the molecule is CCO[SiH](CCC12CCCCC1O2)OCC. The Morgan fingerprint density at radius 2 is 2.00 bits per heavy atom. The van der Waals surface area contributed by atoms with Crippen molar-refractivity contribution >= 4 is 9.28 Å². The van der Waals surface area contributed by atoms with Crippen LogP contribution < -0.4 is 0 Å². The molecular formula is C12H24O3Si. The summed E-state index contributed by atoms with van der Waals surface area (Å²) >= 11 is 0. The number of hydrogen-bond acceptors (Lipinski definition) is 3. The van der Waals surface area contributed by atoms with Crippen molar-refractivity contribution in [2.24, 2.45) is 0 Å². The zero-order valence-corrected chi connectivity index (χ0v) is 11.7. The van der Waals surface area contributed by atoms with Crippen LogP contribution in [0.2, 0.25) is 6.04 Å². The van der Waals surface area contributed by atoms with Crippen molar-refractivity contribution in [1.29, 1.82) is 0 Å². The Labute approximate surface area is 100 Å². The van der Waals surface area contributed by atoms with Crippen LogP contribution in [0.25, 0.3) is 0 Å². The predicted octanol–water partition coefficient (Wildman–Crippen LogP) is 2.38. The average Bonchev–Trinajstić information content (AvgIpc) is 3.01. The van der Waals surface area contributed by atoms with Crippen LogP contribution in [0.1, 0.15) is 46.0 Å². The van der Waals surface area contributed by atoms with Gasteiger partial charge in [0.15, 0.2) is 0 Å². The van der Waals surface area contributed by atoms with Crippen LogP contribution in [0, 0.1) is 0 Å². The minimum absolute atomic E-state index is 0.248. The van der Waals surface area contributed by atoms with E-state index >= 15 is 0 Å². The van der Waals surface area contributed by atoms with Gasteiger partial charge in [-0.2, -0.15) is 0 Å². The first-order valence-electron chi connectivity index (χ1n) is 6.72. The fourth-order valence-electron chi connectivity index (χ4n) is 2.84. The van der Waals surface area contributed by atoms with Crippen molar-refractivity contribution in [2.75, 3.05) is 13.2 Å². The first-order valence-corrected chi connectivity index (χ1v) is 8.47. The van der Waals surface area contributed by atoms with E-state index in [4.69, 9.17) is 13.6 Å². The molecule has 1 aliphatic carbocycles. The van der Waals surface area contributed by atoms with Crippen molar-refractivity contribution in [3.63, 3.8) is 0 Å². The molecule has 94 valence electrons. The third-order valence-electron chi connectivity index (χ3n) is 3.73. The topological polar surface area (TPSA) is 31.0 Å². The van der Waals surface area contributed by atoms with Crippen LogP contribution in [-0.2, 0) is 13.6 Å². The van der Waals surface area contributed by atoms with Crippen LogP contribution in [0.15, 0.2) is 0 Å². The highest BCUT2D eigenvalue weighted by atomic mass is 28.3. The Morgan fingerprint density at radius 3 is 2.62 bits per heavy atom. The largest absolute Gasteiger partial charge is 0.397 e. The quantitative estimate of drug-likeness (QED) is 0.509. The summed E-state index contributed by atoms with van der Waals surface area (Å²) in [7, 11) is -1.40. The molecule has 0 radical (unpaired) electrons. The predicted molar refractivity (Wildman–Crippen MR) is 65.9 cm³/mol. The van der Waals surface area contributed by atoms with E-state index in [1.54, 1.807) is 0 Å². The summed E-state index contributed by atoms with van der Waals surface area (Å²) < 4.78 is 17.3. The molecule has 1 saturated heterocycles. The lowest BCUT2D eigenvalue weighted by Crippen LogP contribution is -2.27.